The van der Waals surface area contributed by atoms with Crippen LogP contribution in [-0.2, 0) is 4.74 Å². The van der Waals surface area contributed by atoms with E-state index >= 15 is 0 Å². The summed E-state index contributed by atoms with van der Waals surface area (Å²) in [6, 6.07) is 7.82. The third-order valence-electron chi connectivity index (χ3n) is 2.82. The summed E-state index contributed by atoms with van der Waals surface area (Å²) in [6.07, 6.45) is 2.70. The van der Waals surface area contributed by atoms with Crippen LogP contribution >= 0.6 is 28.1 Å². The summed E-state index contributed by atoms with van der Waals surface area (Å²) in [7, 11) is 0. The monoisotopic (exact) mass is 413 g/mol. The van der Waals surface area contributed by atoms with Gasteiger partial charge in [0.1, 0.15) is 6.61 Å². The van der Waals surface area contributed by atoms with Crippen molar-refractivity contribution in [2.24, 2.45) is 4.99 Å². The minimum absolute atomic E-state index is 0.0803. The lowest BCUT2D eigenvalue weighted by atomic mass is 10.0. The van der Waals surface area contributed by atoms with Gasteiger partial charge in [0.05, 0.1) is 17.9 Å². The van der Waals surface area contributed by atoms with Gasteiger partial charge in [0.2, 0.25) is 5.88 Å². The normalized spacial score (nSPS) is 12.2. The number of aliphatic hydroxyl groups is 1. The maximum Gasteiger partial charge on any atom is 0.223 e. The molecule has 3 N–H and O–H groups in total. The molecule has 1 aromatic rings. The lowest BCUT2D eigenvalue weighted by Crippen LogP contribution is -2.15. The van der Waals surface area contributed by atoms with Crippen molar-refractivity contribution in [1.82, 2.24) is 9.44 Å². The number of ether oxygens (including phenoxy) is 1. The maximum absolute atomic E-state index is 9.05. The molecule has 0 spiro atoms. The van der Waals surface area contributed by atoms with Gasteiger partial charge >= 0.3 is 0 Å². The van der Waals surface area contributed by atoms with Crippen molar-refractivity contribution < 1.29 is 9.84 Å². The average Bonchev–Trinajstić information content (AvgIpc) is 2.58. The lowest BCUT2D eigenvalue weighted by molar-refractivity contribution is 0.145. The summed E-state index contributed by atoms with van der Waals surface area (Å²) in [6.45, 7) is 9.00. The van der Waals surface area contributed by atoms with Crippen LogP contribution in [0.25, 0.3) is 5.57 Å². The minimum atomic E-state index is -0.0803. The van der Waals surface area contributed by atoms with Gasteiger partial charge in [-0.25, -0.2) is 9.71 Å². The van der Waals surface area contributed by atoms with Gasteiger partial charge < -0.3 is 14.6 Å². The summed E-state index contributed by atoms with van der Waals surface area (Å²) in [4.78, 5) is 4.31. The number of hydrogen-bond acceptors (Lipinski definition) is 6. The number of aliphatic imine (C=N–C) groups is 1. The van der Waals surface area contributed by atoms with E-state index in [1.54, 1.807) is 6.21 Å². The quantitative estimate of drug-likeness (QED) is 0.169. The van der Waals surface area contributed by atoms with Gasteiger partial charge in [0.25, 0.3) is 0 Å². The fourth-order valence-electron chi connectivity index (χ4n) is 1.78. The van der Waals surface area contributed by atoms with Crippen molar-refractivity contribution in [3.8, 4) is 0 Å². The molecule has 0 aliphatic rings. The van der Waals surface area contributed by atoms with Crippen LogP contribution in [0.2, 0.25) is 0 Å². The van der Waals surface area contributed by atoms with E-state index in [2.05, 4.69) is 43.9 Å². The number of rotatable bonds is 11. The average molecular weight is 414 g/mol. The molecule has 0 saturated heterocycles. The SMILES string of the molecule is C=C(NSNCCC)/C(=C(\N=C/C)OCCO)c1ccc(Br)cc1. The van der Waals surface area contributed by atoms with Gasteiger partial charge in [-0.3, -0.25) is 0 Å². The molecule has 1 rings (SSSR count). The third kappa shape index (κ3) is 7.09. The molecule has 1 aromatic carbocycles. The number of hydrogen-bond donors (Lipinski definition) is 3. The summed E-state index contributed by atoms with van der Waals surface area (Å²) in [5.41, 5.74) is 2.34. The van der Waals surface area contributed by atoms with E-state index in [4.69, 9.17) is 9.84 Å². The van der Waals surface area contributed by atoms with Crippen LogP contribution in [0.4, 0.5) is 0 Å². The van der Waals surface area contributed by atoms with Crippen molar-refractivity contribution in [2.45, 2.75) is 20.3 Å². The second-order valence-electron chi connectivity index (χ2n) is 4.72. The number of aliphatic hydroxyl groups excluding tert-OH is 1. The largest absolute Gasteiger partial charge is 0.475 e. The molecule has 0 unspecified atom stereocenters. The molecule has 0 fully saturated rings. The smallest absolute Gasteiger partial charge is 0.223 e. The molecule has 0 aliphatic carbocycles. The van der Waals surface area contributed by atoms with Crippen LogP contribution in [-0.4, -0.2) is 31.1 Å². The van der Waals surface area contributed by atoms with Crippen LogP contribution in [0.5, 0.6) is 0 Å². The molecule has 5 nitrogen and oxygen atoms in total. The molecule has 0 aromatic heterocycles. The van der Waals surface area contributed by atoms with Crippen LogP contribution in [0.1, 0.15) is 25.8 Å². The number of allylic oxidation sites excluding steroid dienone is 1. The van der Waals surface area contributed by atoms with Crippen molar-refractivity contribution >= 4 is 39.9 Å². The molecule has 0 saturated carbocycles. The Hall–Kier alpha value is -1.28. The first-order valence-corrected chi connectivity index (χ1v) is 9.31. The molecule has 24 heavy (non-hydrogen) atoms. The molecular weight excluding hydrogens is 390 g/mol. The molecule has 0 bridgehead atoms. The molecular formula is C17H24BrN3O2S. The molecule has 7 heteroatoms. The summed E-state index contributed by atoms with van der Waals surface area (Å²) in [5, 5.41) is 9.05. The molecule has 0 aliphatic heterocycles. The maximum atomic E-state index is 9.05. The Morgan fingerprint density at radius 3 is 2.71 bits per heavy atom. The van der Waals surface area contributed by atoms with E-state index in [9.17, 15) is 0 Å². The van der Waals surface area contributed by atoms with Gasteiger partial charge in [-0.2, -0.15) is 0 Å². The fraction of sp³-hybridized carbons (Fsp3) is 0.353. The van der Waals surface area contributed by atoms with E-state index < -0.39 is 0 Å². The van der Waals surface area contributed by atoms with Crippen LogP contribution in [0.15, 0.2) is 51.9 Å². The zero-order valence-electron chi connectivity index (χ0n) is 14.0. The van der Waals surface area contributed by atoms with Crippen molar-refractivity contribution in [3.63, 3.8) is 0 Å². The Morgan fingerprint density at radius 2 is 2.12 bits per heavy atom. The lowest BCUT2D eigenvalue weighted by Gasteiger charge is -2.16. The van der Waals surface area contributed by atoms with Crippen molar-refractivity contribution in [3.05, 3.63) is 52.5 Å². The Kier molecular flexibility index (Phi) is 10.5. The van der Waals surface area contributed by atoms with E-state index in [0.29, 0.717) is 11.6 Å². The molecule has 0 heterocycles. The predicted molar refractivity (Wildman–Crippen MR) is 106 cm³/mol. The first-order valence-electron chi connectivity index (χ1n) is 7.70. The highest BCUT2D eigenvalue weighted by Crippen LogP contribution is 2.28. The highest BCUT2D eigenvalue weighted by molar-refractivity contribution is 9.10. The van der Waals surface area contributed by atoms with E-state index in [1.165, 1.54) is 12.1 Å². The Bertz CT molecular complexity index is 574. The Balaban J connectivity index is 3.13. The Morgan fingerprint density at radius 1 is 1.42 bits per heavy atom. The van der Waals surface area contributed by atoms with E-state index in [-0.39, 0.29) is 13.2 Å². The standard InChI is InChI=1S/C17H24BrN3O2S/c1-4-10-20-24-21-13(3)16(14-6-8-15(18)9-7-14)17(19-5-2)23-12-11-22/h5-9,20-22H,3-4,10-12H2,1-2H3/b17-16-,19-5-. The predicted octanol–water partition coefficient (Wildman–Crippen LogP) is 3.88. The van der Waals surface area contributed by atoms with Gasteiger partial charge in [-0.15, -0.1) is 0 Å². The van der Waals surface area contributed by atoms with Crippen LogP contribution < -0.4 is 9.44 Å². The van der Waals surface area contributed by atoms with Crippen LogP contribution in [0, 0.1) is 0 Å². The number of nitrogens with zero attached hydrogens (tertiary/aromatic N) is 1. The second kappa shape index (κ2) is 12.1. The molecule has 0 amide bonds. The summed E-state index contributed by atoms with van der Waals surface area (Å²) in [5.74, 6) is 0.419. The second-order valence-corrected chi connectivity index (χ2v) is 6.34. The number of nitrogens with one attached hydrogen (secondary N) is 2. The number of benzene rings is 1. The summed E-state index contributed by atoms with van der Waals surface area (Å²) >= 11 is 4.81. The van der Waals surface area contributed by atoms with Gasteiger partial charge in [0, 0.05) is 29.4 Å². The highest BCUT2D eigenvalue weighted by Gasteiger charge is 2.14. The molecule has 132 valence electrons. The first-order chi connectivity index (χ1) is 11.6. The molecule has 0 radical (unpaired) electrons. The third-order valence-corrected chi connectivity index (χ3v) is 4.05. The van der Waals surface area contributed by atoms with Crippen molar-refractivity contribution in [2.75, 3.05) is 19.8 Å². The topological polar surface area (TPSA) is 65.9 Å². The van der Waals surface area contributed by atoms with Gasteiger partial charge in [-0.1, -0.05) is 41.6 Å². The first kappa shape index (κ1) is 20.8. The fourth-order valence-corrected chi connectivity index (χ4v) is 2.65. The van der Waals surface area contributed by atoms with Crippen molar-refractivity contribution in [1.29, 1.82) is 0 Å². The summed E-state index contributed by atoms with van der Waals surface area (Å²) < 4.78 is 13.0. The zero-order chi connectivity index (χ0) is 17.8. The van der Waals surface area contributed by atoms with E-state index in [0.717, 1.165) is 28.6 Å². The van der Waals surface area contributed by atoms with Gasteiger partial charge in [0.15, 0.2) is 0 Å². The van der Waals surface area contributed by atoms with Crippen LogP contribution in [0.3, 0.4) is 0 Å². The molecule has 0 atom stereocenters. The van der Waals surface area contributed by atoms with E-state index in [1.807, 2.05) is 31.2 Å². The zero-order valence-corrected chi connectivity index (χ0v) is 16.4. The Labute approximate surface area is 156 Å². The minimum Gasteiger partial charge on any atom is -0.475 e. The van der Waals surface area contributed by atoms with Gasteiger partial charge in [-0.05, 0) is 31.0 Å². The highest BCUT2D eigenvalue weighted by atomic mass is 79.9. The number of halogens is 1.